The van der Waals surface area contributed by atoms with E-state index in [0.29, 0.717) is 28.1 Å². The lowest BCUT2D eigenvalue weighted by molar-refractivity contribution is 0.104. The summed E-state index contributed by atoms with van der Waals surface area (Å²) < 4.78 is 13.8. The van der Waals surface area contributed by atoms with Crippen LogP contribution in [0.1, 0.15) is 16.1 Å². The molecule has 0 bridgehead atoms. The molecule has 8 nitrogen and oxygen atoms in total. The van der Waals surface area contributed by atoms with E-state index in [9.17, 15) is 14.4 Å². The predicted molar refractivity (Wildman–Crippen MR) is 133 cm³/mol. The molecule has 3 aromatic carbocycles. The number of rotatable bonds is 6. The van der Waals surface area contributed by atoms with Crippen molar-refractivity contribution in [2.24, 2.45) is 0 Å². The van der Waals surface area contributed by atoms with Gasteiger partial charge in [-0.1, -0.05) is 36.4 Å². The summed E-state index contributed by atoms with van der Waals surface area (Å²) in [5, 5.41) is 0.610. The fraction of sp³-hybridized carbons (Fsp3) is 0.0741. The quantitative estimate of drug-likeness (QED) is 0.281. The number of nitrogens with zero attached hydrogens (tertiary/aromatic N) is 3. The van der Waals surface area contributed by atoms with Gasteiger partial charge in [0, 0.05) is 11.5 Å². The first-order valence-electron chi connectivity index (χ1n) is 10.8. The maximum Gasteiger partial charge on any atom is 0.357 e. The van der Waals surface area contributed by atoms with Gasteiger partial charge < -0.3 is 9.47 Å². The Morgan fingerprint density at radius 2 is 1.43 bits per heavy atom. The standard InChI is InChI=1S/C27H21N3O5/c1-34-21-12-8-18(9-13-21)10-15-25(31)24-16-19-11-14-22(35-2)17-23(19)29-26(32)28(27(33)30(24)29)20-6-4-3-5-7-20/h3-17H,1-2H3/b15-10+. The summed E-state index contributed by atoms with van der Waals surface area (Å²) in [6.45, 7) is 0. The van der Waals surface area contributed by atoms with E-state index in [2.05, 4.69) is 0 Å². The van der Waals surface area contributed by atoms with Crippen molar-refractivity contribution in [2.45, 2.75) is 0 Å². The van der Waals surface area contributed by atoms with Crippen LogP contribution in [0.5, 0.6) is 11.5 Å². The number of para-hydroxylation sites is 1. The Hall–Kier alpha value is -4.85. The van der Waals surface area contributed by atoms with Crippen LogP contribution in [0.15, 0.2) is 94.5 Å². The van der Waals surface area contributed by atoms with Gasteiger partial charge in [0.05, 0.1) is 25.4 Å². The molecule has 0 aliphatic heterocycles. The molecule has 0 spiro atoms. The molecule has 0 radical (unpaired) electrons. The summed E-state index contributed by atoms with van der Waals surface area (Å²) in [5.41, 5.74) is 0.454. The number of carbonyl (C=O) groups is 1. The number of hydrogen-bond donors (Lipinski definition) is 0. The molecule has 0 N–H and O–H groups in total. The first-order valence-corrected chi connectivity index (χ1v) is 10.8. The average Bonchev–Trinajstić information content (AvgIpc) is 3.17. The highest BCUT2D eigenvalue weighted by Crippen LogP contribution is 2.21. The molecule has 5 aromatic rings. The van der Waals surface area contributed by atoms with Gasteiger partial charge in [-0.3, -0.25) is 4.79 Å². The molecule has 35 heavy (non-hydrogen) atoms. The van der Waals surface area contributed by atoms with Crippen molar-refractivity contribution in [2.75, 3.05) is 14.2 Å². The van der Waals surface area contributed by atoms with E-state index in [1.165, 1.54) is 17.7 Å². The van der Waals surface area contributed by atoms with Gasteiger partial charge in [-0.15, -0.1) is 0 Å². The van der Waals surface area contributed by atoms with Crippen LogP contribution in [0.2, 0.25) is 0 Å². The summed E-state index contributed by atoms with van der Waals surface area (Å²) in [7, 11) is 3.10. The highest BCUT2D eigenvalue weighted by Gasteiger charge is 2.21. The Morgan fingerprint density at radius 3 is 2.11 bits per heavy atom. The van der Waals surface area contributed by atoms with E-state index in [4.69, 9.17) is 9.47 Å². The second kappa shape index (κ2) is 8.83. The topological polar surface area (TPSA) is 83.4 Å². The van der Waals surface area contributed by atoms with Crippen LogP contribution in [0.4, 0.5) is 0 Å². The zero-order chi connectivity index (χ0) is 24.5. The Labute approximate surface area is 199 Å². The normalized spacial score (nSPS) is 11.4. The van der Waals surface area contributed by atoms with Gasteiger partial charge in [0.2, 0.25) is 5.78 Å². The minimum Gasteiger partial charge on any atom is -0.497 e. The number of methoxy groups -OCH3 is 2. The van der Waals surface area contributed by atoms with Crippen LogP contribution >= 0.6 is 0 Å². The van der Waals surface area contributed by atoms with Gasteiger partial charge in [0.1, 0.15) is 17.2 Å². The number of fused-ring (bicyclic) bond motifs is 3. The molecule has 2 aromatic heterocycles. The molecular weight excluding hydrogens is 446 g/mol. The summed E-state index contributed by atoms with van der Waals surface area (Å²) >= 11 is 0. The molecule has 0 aliphatic rings. The van der Waals surface area contributed by atoms with Crippen molar-refractivity contribution in [3.8, 4) is 17.2 Å². The largest absolute Gasteiger partial charge is 0.497 e. The molecule has 174 valence electrons. The lowest BCUT2D eigenvalue weighted by Crippen LogP contribution is -2.26. The number of hydrogen-bond acceptors (Lipinski definition) is 5. The molecule has 0 saturated heterocycles. The monoisotopic (exact) mass is 467 g/mol. The number of aromatic nitrogens is 3. The Morgan fingerprint density at radius 1 is 0.771 bits per heavy atom. The van der Waals surface area contributed by atoms with Crippen LogP contribution in [0.3, 0.4) is 0 Å². The van der Waals surface area contributed by atoms with Gasteiger partial charge in [0.15, 0.2) is 0 Å². The molecule has 0 unspecified atom stereocenters. The van der Waals surface area contributed by atoms with E-state index in [1.807, 2.05) is 12.1 Å². The fourth-order valence-corrected chi connectivity index (χ4v) is 3.97. The third-order valence-corrected chi connectivity index (χ3v) is 5.74. The Bertz CT molecular complexity index is 1710. The van der Waals surface area contributed by atoms with Gasteiger partial charge in [0.25, 0.3) is 0 Å². The SMILES string of the molecule is COc1ccc(/C=C/C(=O)c2cc3ccc(OC)cc3n3c(=O)n(-c4ccccc4)c(=O)n23)cc1. The van der Waals surface area contributed by atoms with E-state index in [-0.39, 0.29) is 5.69 Å². The van der Waals surface area contributed by atoms with E-state index < -0.39 is 17.2 Å². The molecular formula is C27H21N3O5. The third-order valence-electron chi connectivity index (χ3n) is 5.74. The van der Waals surface area contributed by atoms with Crippen LogP contribution in [0.25, 0.3) is 22.7 Å². The lowest BCUT2D eigenvalue weighted by atomic mass is 10.1. The van der Waals surface area contributed by atoms with Crippen molar-refractivity contribution in [3.05, 3.63) is 117 Å². The maximum atomic E-state index is 13.5. The van der Waals surface area contributed by atoms with Crippen LogP contribution < -0.4 is 20.9 Å². The van der Waals surface area contributed by atoms with Crippen LogP contribution in [-0.2, 0) is 0 Å². The van der Waals surface area contributed by atoms with E-state index in [1.54, 1.807) is 79.9 Å². The molecule has 0 atom stereocenters. The van der Waals surface area contributed by atoms with E-state index >= 15 is 0 Å². The highest BCUT2D eigenvalue weighted by molar-refractivity contribution is 6.07. The van der Waals surface area contributed by atoms with Gasteiger partial charge >= 0.3 is 11.4 Å². The molecule has 8 heteroatoms. The van der Waals surface area contributed by atoms with Crippen molar-refractivity contribution in [1.82, 2.24) is 13.6 Å². The summed E-state index contributed by atoms with van der Waals surface area (Å²) in [5.74, 6) is 0.793. The van der Waals surface area contributed by atoms with Gasteiger partial charge in [-0.05, 0) is 54.1 Å². The zero-order valence-corrected chi connectivity index (χ0v) is 19.0. The zero-order valence-electron chi connectivity index (χ0n) is 19.0. The van der Waals surface area contributed by atoms with Gasteiger partial charge in [-0.25, -0.2) is 14.2 Å². The first-order chi connectivity index (χ1) is 17.0. The van der Waals surface area contributed by atoms with Crippen molar-refractivity contribution < 1.29 is 14.3 Å². The lowest BCUT2D eigenvalue weighted by Gasteiger charge is -2.08. The molecule has 2 heterocycles. The van der Waals surface area contributed by atoms with Crippen molar-refractivity contribution >= 4 is 22.8 Å². The summed E-state index contributed by atoms with van der Waals surface area (Å²) in [6, 6.07) is 22.5. The summed E-state index contributed by atoms with van der Waals surface area (Å²) in [6.07, 6.45) is 3.02. The van der Waals surface area contributed by atoms with Crippen LogP contribution in [0, 0.1) is 0 Å². The predicted octanol–water partition coefficient (Wildman–Crippen LogP) is 3.62. The van der Waals surface area contributed by atoms with Crippen molar-refractivity contribution in [3.63, 3.8) is 0 Å². The second-order valence-corrected chi connectivity index (χ2v) is 7.78. The number of carbonyl (C=O) groups excluding carboxylic acids is 1. The summed E-state index contributed by atoms with van der Waals surface area (Å²) in [4.78, 5) is 40.3. The first kappa shape index (κ1) is 22.0. The second-order valence-electron chi connectivity index (χ2n) is 7.78. The number of ketones is 1. The Balaban J connectivity index is 1.75. The van der Waals surface area contributed by atoms with E-state index in [0.717, 1.165) is 14.6 Å². The van der Waals surface area contributed by atoms with Crippen LogP contribution in [-0.4, -0.2) is 33.6 Å². The molecule has 0 saturated carbocycles. The molecule has 0 amide bonds. The Kier molecular flexibility index (Phi) is 5.54. The molecule has 5 rings (SSSR count). The molecule has 0 fully saturated rings. The van der Waals surface area contributed by atoms with Gasteiger partial charge in [-0.2, -0.15) is 9.03 Å². The maximum absolute atomic E-state index is 13.5. The fourth-order valence-electron chi connectivity index (χ4n) is 3.97. The number of allylic oxidation sites excluding steroid dienone is 1. The third kappa shape index (κ3) is 3.80. The minimum absolute atomic E-state index is 0.0595. The highest BCUT2D eigenvalue weighted by atomic mass is 16.5. The minimum atomic E-state index is -0.646. The number of ether oxygens (including phenoxy) is 2. The molecule has 0 aliphatic carbocycles. The van der Waals surface area contributed by atoms with Crippen molar-refractivity contribution in [1.29, 1.82) is 0 Å². The average molecular weight is 467 g/mol. The smallest absolute Gasteiger partial charge is 0.357 e. The number of benzene rings is 3.